The van der Waals surface area contributed by atoms with Crippen molar-refractivity contribution in [3.05, 3.63) is 71.0 Å². The molecule has 2 aromatic rings. The molecule has 3 nitrogen and oxygen atoms in total. The Morgan fingerprint density at radius 1 is 1.17 bits per heavy atom. The average Bonchev–Trinajstić information content (AvgIpc) is 2.52. The number of halogens is 1. The van der Waals surface area contributed by atoms with Gasteiger partial charge in [0, 0.05) is 12.6 Å². The lowest BCUT2D eigenvalue weighted by molar-refractivity contribution is -0.132. The second-order valence-corrected chi connectivity index (χ2v) is 5.73. The second-order valence-electron chi connectivity index (χ2n) is 5.73. The average molecular weight is 310 g/mol. The van der Waals surface area contributed by atoms with E-state index >= 15 is 0 Å². The van der Waals surface area contributed by atoms with E-state index < -0.39 is 0 Å². The molecule has 0 aromatic heterocycles. The summed E-state index contributed by atoms with van der Waals surface area (Å²) in [5.74, 6) is -0.381. The van der Waals surface area contributed by atoms with Crippen molar-refractivity contribution in [2.75, 3.05) is 0 Å². The van der Waals surface area contributed by atoms with Gasteiger partial charge in [0.25, 0.3) is 0 Å². The van der Waals surface area contributed by atoms with Gasteiger partial charge in [-0.3, -0.25) is 4.79 Å². The van der Waals surface area contributed by atoms with Crippen LogP contribution in [0.1, 0.15) is 30.5 Å². The second kappa shape index (κ2) is 7.55. The summed E-state index contributed by atoms with van der Waals surface area (Å²) < 4.78 is 13.2. The molecular weight excluding hydrogens is 291 g/mol. The fourth-order valence-electron chi connectivity index (χ4n) is 2.36. The highest BCUT2D eigenvalue weighted by atomic mass is 19.1. The number of carbonyl (C=O) groups is 1. The van der Waals surface area contributed by atoms with Crippen molar-refractivity contribution in [2.24, 2.45) is 0 Å². The van der Waals surface area contributed by atoms with E-state index in [-0.39, 0.29) is 24.2 Å². The third-order valence-corrected chi connectivity index (χ3v) is 3.62. The topological polar surface area (TPSA) is 44.1 Å². The Kier molecular flexibility index (Phi) is 5.48. The van der Waals surface area contributed by atoms with Crippen molar-refractivity contribution in [3.63, 3.8) is 0 Å². The highest BCUT2D eigenvalue weighted by Gasteiger charge is 2.18. The lowest BCUT2D eigenvalue weighted by Crippen LogP contribution is -2.37. The minimum Gasteiger partial charge on any atom is -0.336 e. The van der Waals surface area contributed by atoms with Crippen LogP contribution in [0.15, 0.2) is 48.5 Å². The Hall–Kier alpha value is -2.67. The third kappa shape index (κ3) is 4.65. The molecule has 0 unspecified atom stereocenters. The maximum atomic E-state index is 13.2. The first-order valence-corrected chi connectivity index (χ1v) is 7.52. The molecule has 4 heteroatoms. The van der Waals surface area contributed by atoms with Crippen LogP contribution < -0.4 is 0 Å². The van der Waals surface area contributed by atoms with Crippen LogP contribution in [0.2, 0.25) is 0 Å². The predicted molar refractivity (Wildman–Crippen MR) is 86.9 cm³/mol. The highest BCUT2D eigenvalue weighted by Crippen LogP contribution is 2.13. The van der Waals surface area contributed by atoms with E-state index in [0.717, 1.165) is 5.56 Å². The molecule has 0 radical (unpaired) electrons. The normalized spacial score (nSPS) is 10.4. The highest BCUT2D eigenvalue weighted by molar-refractivity contribution is 5.79. The number of nitrogens with zero attached hydrogens (tertiary/aromatic N) is 2. The Labute approximate surface area is 136 Å². The van der Waals surface area contributed by atoms with Gasteiger partial charge in [0.05, 0.1) is 18.1 Å². The molecule has 0 atom stereocenters. The van der Waals surface area contributed by atoms with Gasteiger partial charge < -0.3 is 4.90 Å². The summed E-state index contributed by atoms with van der Waals surface area (Å²) in [7, 11) is 0. The van der Waals surface area contributed by atoms with Crippen LogP contribution in [0, 0.1) is 17.1 Å². The van der Waals surface area contributed by atoms with Gasteiger partial charge >= 0.3 is 0 Å². The molecule has 23 heavy (non-hydrogen) atoms. The van der Waals surface area contributed by atoms with Gasteiger partial charge in [-0.1, -0.05) is 24.3 Å². The zero-order valence-electron chi connectivity index (χ0n) is 13.3. The van der Waals surface area contributed by atoms with Gasteiger partial charge in [0.2, 0.25) is 5.91 Å². The molecule has 0 aliphatic heterocycles. The Balaban J connectivity index is 2.10. The molecule has 0 saturated carbocycles. The molecule has 0 bridgehead atoms. The summed E-state index contributed by atoms with van der Waals surface area (Å²) in [6.45, 7) is 4.37. The van der Waals surface area contributed by atoms with Crippen LogP contribution >= 0.6 is 0 Å². The fourth-order valence-corrected chi connectivity index (χ4v) is 2.36. The van der Waals surface area contributed by atoms with E-state index in [2.05, 4.69) is 6.07 Å². The van der Waals surface area contributed by atoms with Crippen molar-refractivity contribution < 1.29 is 9.18 Å². The zero-order chi connectivity index (χ0) is 16.8. The van der Waals surface area contributed by atoms with Crippen LogP contribution in [-0.4, -0.2) is 16.8 Å². The molecule has 118 valence electrons. The summed E-state index contributed by atoms with van der Waals surface area (Å²) in [5.41, 5.74) is 2.22. The first-order chi connectivity index (χ1) is 11.0. The monoisotopic (exact) mass is 310 g/mol. The molecule has 1 amide bonds. The van der Waals surface area contributed by atoms with Crippen molar-refractivity contribution in [1.82, 2.24) is 4.90 Å². The molecule has 2 rings (SSSR count). The van der Waals surface area contributed by atoms with Crippen LogP contribution in [0.25, 0.3) is 0 Å². The number of hydrogen-bond acceptors (Lipinski definition) is 2. The molecule has 0 N–H and O–H groups in total. The quantitative estimate of drug-likeness (QED) is 0.845. The molecule has 0 fully saturated rings. The van der Waals surface area contributed by atoms with E-state index in [1.54, 1.807) is 29.2 Å². The Morgan fingerprint density at radius 2 is 1.87 bits per heavy atom. The molecular formula is C19H19FN2O. The summed E-state index contributed by atoms with van der Waals surface area (Å²) in [5, 5.41) is 8.83. The minimum absolute atomic E-state index is 0.0340. The number of hydrogen-bond donors (Lipinski definition) is 0. The van der Waals surface area contributed by atoms with Crippen LogP contribution in [-0.2, 0) is 17.8 Å². The number of amides is 1. The summed E-state index contributed by atoms with van der Waals surface area (Å²) in [6, 6.07) is 15.4. The number of benzene rings is 2. The summed E-state index contributed by atoms with van der Waals surface area (Å²) in [6.07, 6.45) is 0.173. The van der Waals surface area contributed by atoms with Crippen molar-refractivity contribution in [1.29, 1.82) is 5.26 Å². The number of nitriles is 1. The molecule has 0 spiro atoms. The minimum atomic E-state index is -0.335. The third-order valence-electron chi connectivity index (χ3n) is 3.62. The number of carbonyl (C=O) groups excluding carboxylic acids is 1. The smallest absolute Gasteiger partial charge is 0.227 e. The van der Waals surface area contributed by atoms with Gasteiger partial charge in [0.1, 0.15) is 5.82 Å². The SMILES string of the molecule is CC(C)N(Cc1ccc(C#N)cc1)C(=O)Cc1cccc(F)c1. The number of rotatable bonds is 5. The fraction of sp³-hybridized carbons (Fsp3) is 0.263. The van der Waals surface area contributed by atoms with E-state index in [1.165, 1.54) is 12.1 Å². The van der Waals surface area contributed by atoms with Crippen LogP contribution in [0.3, 0.4) is 0 Å². The molecule has 0 aliphatic rings. The largest absolute Gasteiger partial charge is 0.336 e. The first-order valence-electron chi connectivity index (χ1n) is 7.52. The summed E-state index contributed by atoms with van der Waals surface area (Å²) in [4.78, 5) is 14.3. The summed E-state index contributed by atoms with van der Waals surface area (Å²) >= 11 is 0. The lowest BCUT2D eigenvalue weighted by Gasteiger charge is -2.27. The van der Waals surface area contributed by atoms with Crippen LogP contribution in [0.5, 0.6) is 0 Å². The molecule has 0 aliphatic carbocycles. The van der Waals surface area contributed by atoms with Gasteiger partial charge in [0.15, 0.2) is 0 Å². The van der Waals surface area contributed by atoms with E-state index in [0.29, 0.717) is 17.7 Å². The lowest BCUT2D eigenvalue weighted by atomic mass is 10.1. The van der Waals surface area contributed by atoms with Gasteiger partial charge in [-0.25, -0.2) is 4.39 Å². The van der Waals surface area contributed by atoms with Crippen molar-refractivity contribution >= 4 is 5.91 Å². The zero-order valence-corrected chi connectivity index (χ0v) is 13.3. The van der Waals surface area contributed by atoms with Crippen molar-refractivity contribution in [3.8, 4) is 6.07 Å². The Bertz CT molecular complexity index is 717. The standard InChI is InChI=1S/C19H19FN2O/c1-14(2)22(13-16-8-6-15(12-21)7-9-16)19(23)11-17-4-3-5-18(20)10-17/h3-10,14H,11,13H2,1-2H3. The van der Waals surface area contributed by atoms with Crippen molar-refractivity contribution in [2.45, 2.75) is 32.9 Å². The van der Waals surface area contributed by atoms with Gasteiger partial charge in [-0.2, -0.15) is 5.26 Å². The van der Waals surface area contributed by atoms with E-state index in [1.807, 2.05) is 26.0 Å². The van der Waals surface area contributed by atoms with E-state index in [9.17, 15) is 9.18 Å². The molecule has 0 heterocycles. The Morgan fingerprint density at radius 3 is 2.43 bits per heavy atom. The first kappa shape index (κ1) is 16.7. The predicted octanol–water partition coefficient (Wildman–Crippen LogP) is 3.68. The van der Waals surface area contributed by atoms with Gasteiger partial charge in [-0.15, -0.1) is 0 Å². The molecule has 0 saturated heterocycles. The van der Waals surface area contributed by atoms with Gasteiger partial charge in [-0.05, 0) is 49.2 Å². The van der Waals surface area contributed by atoms with E-state index in [4.69, 9.17) is 5.26 Å². The maximum absolute atomic E-state index is 13.2. The maximum Gasteiger partial charge on any atom is 0.227 e. The van der Waals surface area contributed by atoms with Crippen LogP contribution in [0.4, 0.5) is 4.39 Å². The molecule has 2 aromatic carbocycles.